The summed E-state index contributed by atoms with van der Waals surface area (Å²) in [5.41, 5.74) is 0.383. The standard InChI is InChI=1S/C11H10BrCl5N2O/c1-4(12)11(20)19-3-2-18-10-8(16)6(14)5(13)7(15)9(10)17/h4,18H,2-3H2,1H3,(H,19,20)/t4-/m1/s1. The van der Waals surface area contributed by atoms with Crippen molar-refractivity contribution in [2.75, 3.05) is 18.4 Å². The second kappa shape index (κ2) is 8.16. The van der Waals surface area contributed by atoms with Crippen LogP contribution in [0.25, 0.3) is 0 Å². The van der Waals surface area contributed by atoms with E-state index in [0.717, 1.165) is 0 Å². The Hall–Kier alpha value is 0.420. The van der Waals surface area contributed by atoms with Gasteiger partial charge in [-0.15, -0.1) is 0 Å². The summed E-state index contributed by atoms with van der Waals surface area (Å²) in [5.74, 6) is -0.115. The first kappa shape index (κ1) is 18.5. The zero-order valence-corrected chi connectivity index (χ0v) is 15.5. The smallest absolute Gasteiger partial charge is 0.233 e. The van der Waals surface area contributed by atoms with Crippen molar-refractivity contribution in [3.63, 3.8) is 0 Å². The van der Waals surface area contributed by atoms with Gasteiger partial charge in [-0.3, -0.25) is 4.79 Å². The van der Waals surface area contributed by atoms with Gasteiger partial charge in [-0.05, 0) is 6.92 Å². The summed E-state index contributed by atoms with van der Waals surface area (Å²) >= 11 is 33.0. The zero-order chi connectivity index (χ0) is 15.4. The molecule has 0 aliphatic carbocycles. The number of amides is 1. The van der Waals surface area contributed by atoms with Crippen molar-refractivity contribution in [1.29, 1.82) is 0 Å². The third-order valence-electron chi connectivity index (χ3n) is 2.30. The van der Waals surface area contributed by atoms with Crippen LogP contribution < -0.4 is 10.6 Å². The molecule has 3 nitrogen and oxygen atoms in total. The summed E-state index contributed by atoms with van der Waals surface area (Å²) in [5, 5.41) is 6.40. The predicted octanol–water partition coefficient (Wildman–Crippen LogP) is 5.27. The van der Waals surface area contributed by atoms with Crippen molar-refractivity contribution in [2.24, 2.45) is 0 Å². The van der Waals surface area contributed by atoms with Gasteiger partial charge in [-0.2, -0.15) is 0 Å². The van der Waals surface area contributed by atoms with Crippen LogP contribution in [-0.2, 0) is 4.79 Å². The maximum absolute atomic E-state index is 11.3. The Kier molecular flexibility index (Phi) is 7.53. The third kappa shape index (κ3) is 4.46. The molecule has 1 atom stereocenters. The zero-order valence-electron chi connectivity index (χ0n) is 10.2. The van der Waals surface area contributed by atoms with E-state index in [1.165, 1.54) is 0 Å². The molecule has 9 heteroatoms. The maximum atomic E-state index is 11.3. The molecule has 112 valence electrons. The van der Waals surface area contributed by atoms with E-state index in [4.69, 9.17) is 58.0 Å². The van der Waals surface area contributed by atoms with Crippen molar-refractivity contribution in [2.45, 2.75) is 11.8 Å². The average Bonchev–Trinajstić information content (AvgIpc) is 2.41. The van der Waals surface area contributed by atoms with Gasteiger partial charge in [0.15, 0.2) is 0 Å². The van der Waals surface area contributed by atoms with Gasteiger partial charge in [-0.1, -0.05) is 73.9 Å². The summed E-state index contributed by atoms with van der Waals surface area (Å²) in [7, 11) is 0. The van der Waals surface area contributed by atoms with Crippen molar-refractivity contribution >= 4 is 85.5 Å². The lowest BCUT2D eigenvalue weighted by Gasteiger charge is -2.14. The summed E-state index contributed by atoms with van der Waals surface area (Å²) < 4.78 is 0. The second-order valence-electron chi connectivity index (χ2n) is 3.78. The molecule has 20 heavy (non-hydrogen) atoms. The Labute approximate surface area is 150 Å². The molecule has 0 saturated heterocycles. The monoisotopic (exact) mass is 440 g/mol. The highest BCUT2D eigenvalue weighted by molar-refractivity contribution is 9.10. The highest BCUT2D eigenvalue weighted by Gasteiger charge is 2.19. The van der Waals surface area contributed by atoms with E-state index >= 15 is 0 Å². The molecule has 0 saturated carbocycles. The van der Waals surface area contributed by atoms with Crippen LogP contribution in [0.1, 0.15) is 6.92 Å². The normalized spacial score (nSPS) is 12.2. The molecular formula is C11H10BrCl5N2O. The summed E-state index contributed by atoms with van der Waals surface area (Å²) in [6.07, 6.45) is 0. The molecule has 0 radical (unpaired) electrons. The van der Waals surface area contributed by atoms with E-state index < -0.39 is 0 Å². The summed E-state index contributed by atoms with van der Waals surface area (Å²) in [6, 6.07) is 0. The molecule has 1 amide bonds. The molecule has 0 aliphatic rings. The van der Waals surface area contributed by atoms with E-state index in [9.17, 15) is 4.79 Å². The average molecular weight is 443 g/mol. The number of carbonyl (C=O) groups excluding carboxylic acids is 1. The van der Waals surface area contributed by atoms with Crippen LogP contribution in [0.15, 0.2) is 0 Å². The Morgan fingerprint density at radius 3 is 1.90 bits per heavy atom. The quantitative estimate of drug-likeness (QED) is 0.282. The maximum Gasteiger partial charge on any atom is 0.233 e. The fourth-order valence-corrected chi connectivity index (χ4v) is 2.71. The molecular weight excluding hydrogens is 433 g/mol. The van der Waals surface area contributed by atoms with E-state index in [-0.39, 0.29) is 35.8 Å². The van der Waals surface area contributed by atoms with Crippen LogP contribution in [0, 0.1) is 0 Å². The number of carbonyl (C=O) groups is 1. The highest BCUT2D eigenvalue weighted by Crippen LogP contribution is 2.46. The number of halogens is 6. The van der Waals surface area contributed by atoms with Crippen LogP contribution in [0.2, 0.25) is 25.1 Å². The predicted molar refractivity (Wildman–Crippen MR) is 91.4 cm³/mol. The molecule has 0 heterocycles. The molecule has 0 unspecified atom stereocenters. The van der Waals surface area contributed by atoms with Crippen LogP contribution >= 0.6 is 73.9 Å². The minimum Gasteiger partial charge on any atom is -0.381 e. The first-order chi connectivity index (χ1) is 9.27. The Bertz CT molecular complexity index is 495. The fraction of sp³-hybridized carbons (Fsp3) is 0.364. The molecule has 0 spiro atoms. The Morgan fingerprint density at radius 2 is 1.45 bits per heavy atom. The van der Waals surface area contributed by atoms with Gasteiger partial charge in [0.25, 0.3) is 0 Å². The number of nitrogens with one attached hydrogen (secondary N) is 2. The van der Waals surface area contributed by atoms with Gasteiger partial charge in [0.2, 0.25) is 5.91 Å². The van der Waals surface area contributed by atoms with E-state index in [0.29, 0.717) is 18.8 Å². The van der Waals surface area contributed by atoms with Gasteiger partial charge in [0.1, 0.15) is 0 Å². The molecule has 0 bridgehead atoms. The van der Waals surface area contributed by atoms with E-state index in [2.05, 4.69) is 26.6 Å². The first-order valence-corrected chi connectivity index (χ1v) is 8.25. The topological polar surface area (TPSA) is 41.1 Å². The van der Waals surface area contributed by atoms with E-state index in [1.54, 1.807) is 6.92 Å². The van der Waals surface area contributed by atoms with Crippen molar-refractivity contribution < 1.29 is 4.79 Å². The molecule has 0 aromatic heterocycles. The van der Waals surface area contributed by atoms with Crippen LogP contribution in [0.4, 0.5) is 5.69 Å². The third-order valence-corrected chi connectivity index (χ3v) is 4.99. The molecule has 1 aromatic rings. The number of alkyl halides is 1. The number of rotatable bonds is 5. The lowest BCUT2D eigenvalue weighted by molar-refractivity contribution is -0.120. The molecule has 1 rings (SSSR count). The molecule has 0 fully saturated rings. The second-order valence-corrected chi connectivity index (χ2v) is 7.04. The lowest BCUT2D eigenvalue weighted by Crippen LogP contribution is -2.33. The van der Waals surface area contributed by atoms with Gasteiger partial charge < -0.3 is 10.6 Å². The van der Waals surface area contributed by atoms with Crippen LogP contribution in [-0.4, -0.2) is 23.8 Å². The minimum atomic E-state index is -0.255. The SMILES string of the molecule is C[C@@H](Br)C(=O)NCCNc1c(Cl)c(Cl)c(Cl)c(Cl)c1Cl. The van der Waals surface area contributed by atoms with Crippen molar-refractivity contribution in [1.82, 2.24) is 5.32 Å². The van der Waals surface area contributed by atoms with Gasteiger partial charge in [-0.25, -0.2) is 0 Å². The highest BCUT2D eigenvalue weighted by atomic mass is 79.9. The summed E-state index contributed by atoms with van der Waals surface area (Å²) in [6.45, 7) is 2.52. The minimum absolute atomic E-state index is 0.107. The molecule has 2 N–H and O–H groups in total. The molecule has 1 aromatic carbocycles. The number of anilines is 1. The van der Waals surface area contributed by atoms with Gasteiger partial charge in [0, 0.05) is 13.1 Å². The fourth-order valence-electron chi connectivity index (χ4n) is 1.27. The largest absolute Gasteiger partial charge is 0.381 e. The molecule has 0 aliphatic heterocycles. The Balaban J connectivity index is 2.72. The van der Waals surface area contributed by atoms with Gasteiger partial charge in [0.05, 0.1) is 35.6 Å². The lowest BCUT2D eigenvalue weighted by atomic mass is 10.3. The van der Waals surface area contributed by atoms with Crippen molar-refractivity contribution in [3.05, 3.63) is 25.1 Å². The van der Waals surface area contributed by atoms with Gasteiger partial charge >= 0.3 is 0 Å². The van der Waals surface area contributed by atoms with Crippen LogP contribution in [0.3, 0.4) is 0 Å². The summed E-state index contributed by atoms with van der Waals surface area (Å²) in [4.78, 5) is 11.1. The number of hydrogen-bond donors (Lipinski definition) is 2. The number of benzene rings is 1. The number of hydrogen-bond acceptors (Lipinski definition) is 2. The van der Waals surface area contributed by atoms with Crippen LogP contribution in [0.5, 0.6) is 0 Å². The van der Waals surface area contributed by atoms with Crippen molar-refractivity contribution in [3.8, 4) is 0 Å². The van der Waals surface area contributed by atoms with E-state index in [1.807, 2.05) is 0 Å². The first-order valence-electron chi connectivity index (χ1n) is 5.44. The Morgan fingerprint density at radius 1 is 1.00 bits per heavy atom.